The molecule has 1 N–H and O–H groups in total. The lowest BCUT2D eigenvalue weighted by Crippen LogP contribution is -2.40. The molecule has 1 aromatic carbocycles. The third kappa shape index (κ3) is 5.77. The van der Waals surface area contributed by atoms with Crippen LogP contribution in [0.2, 0.25) is 0 Å². The van der Waals surface area contributed by atoms with Gasteiger partial charge in [-0.25, -0.2) is 4.39 Å². The lowest BCUT2D eigenvalue weighted by Gasteiger charge is -2.23. The number of halogens is 1. The Labute approximate surface area is 141 Å². The van der Waals surface area contributed by atoms with E-state index >= 15 is 0 Å². The van der Waals surface area contributed by atoms with Crippen molar-refractivity contribution in [1.29, 1.82) is 0 Å². The van der Waals surface area contributed by atoms with Gasteiger partial charge in [-0.2, -0.15) is 0 Å². The number of nitrogens with one attached hydrogen (secondary N) is 1. The van der Waals surface area contributed by atoms with Gasteiger partial charge >= 0.3 is 0 Å². The van der Waals surface area contributed by atoms with E-state index in [-0.39, 0.29) is 11.7 Å². The maximum absolute atomic E-state index is 13.0. The topological polar surface area (TPSA) is 32.3 Å². The van der Waals surface area contributed by atoms with Crippen molar-refractivity contribution in [2.75, 3.05) is 6.54 Å². The molecule has 0 aliphatic rings. The van der Waals surface area contributed by atoms with Crippen LogP contribution in [-0.2, 0) is 17.9 Å². The Morgan fingerprint density at radius 3 is 2.61 bits per heavy atom. The van der Waals surface area contributed by atoms with Crippen molar-refractivity contribution >= 4 is 17.2 Å². The number of hydrogen-bond acceptors (Lipinski definition) is 3. The molecule has 2 aromatic rings. The second kappa shape index (κ2) is 8.79. The van der Waals surface area contributed by atoms with Gasteiger partial charge in [0.2, 0.25) is 5.91 Å². The Bertz CT molecular complexity index is 598. The summed E-state index contributed by atoms with van der Waals surface area (Å²) in [6, 6.07) is 10.6. The zero-order valence-corrected chi connectivity index (χ0v) is 14.4. The Morgan fingerprint density at radius 1 is 1.26 bits per heavy atom. The van der Waals surface area contributed by atoms with Gasteiger partial charge in [-0.15, -0.1) is 11.3 Å². The maximum atomic E-state index is 13.0. The van der Waals surface area contributed by atoms with Gasteiger partial charge in [-0.1, -0.05) is 25.1 Å². The van der Waals surface area contributed by atoms with E-state index in [1.54, 1.807) is 23.5 Å². The Morgan fingerprint density at radius 2 is 2.00 bits per heavy atom. The lowest BCUT2D eigenvalue weighted by molar-refractivity contribution is -0.131. The molecule has 0 aliphatic heterocycles. The standard InChI is InChI=1S/C18H23FN2OS/c1-3-14(2)20-11-18(22)21(13-17-5-4-10-23-17)12-15-6-8-16(19)9-7-15/h4-10,14,20H,3,11-13H2,1-2H3. The van der Waals surface area contributed by atoms with Crippen molar-refractivity contribution in [3.8, 4) is 0 Å². The molecule has 124 valence electrons. The van der Waals surface area contributed by atoms with E-state index in [2.05, 4.69) is 19.2 Å². The quantitative estimate of drug-likeness (QED) is 0.796. The molecule has 1 aromatic heterocycles. The van der Waals surface area contributed by atoms with Crippen LogP contribution in [0.15, 0.2) is 41.8 Å². The first kappa shape index (κ1) is 17.6. The van der Waals surface area contributed by atoms with E-state index in [1.807, 2.05) is 22.4 Å². The number of nitrogens with zero attached hydrogens (tertiary/aromatic N) is 1. The van der Waals surface area contributed by atoms with Crippen molar-refractivity contribution < 1.29 is 9.18 Å². The summed E-state index contributed by atoms with van der Waals surface area (Å²) in [4.78, 5) is 15.5. The fourth-order valence-corrected chi connectivity index (χ4v) is 2.87. The molecule has 0 aliphatic carbocycles. The van der Waals surface area contributed by atoms with E-state index in [4.69, 9.17) is 0 Å². The first-order valence-corrected chi connectivity index (χ1v) is 8.74. The predicted octanol–water partition coefficient (Wildman–Crippen LogP) is 3.80. The van der Waals surface area contributed by atoms with Crippen molar-refractivity contribution in [1.82, 2.24) is 10.2 Å². The van der Waals surface area contributed by atoms with Gasteiger partial charge in [0.1, 0.15) is 5.82 Å². The van der Waals surface area contributed by atoms with E-state index in [1.165, 1.54) is 12.1 Å². The van der Waals surface area contributed by atoms with Gasteiger partial charge in [0.15, 0.2) is 0 Å². The molecule has 2 rings (SSSR count). The van der Waals surface area contributed by atoms with E-state index in [0.717, 1.165) is 16.9 Å². The molecule has 23 heavy (non-hydrogen) atoms. The number of benzene rings is 1. The largest absolute Gasteiger partial charge is 0.332 e. The lowest BCUT2D eigenvalue weighted by atomic mass is 10.2. The highest BCUT2D eigenvalue weighted by Crippen LogP contribution is 2.15. The second-order valence-electron chi connectivity index (χ2n) is 5.65. The summed E-state index contributed by atoms with van der Waals surface area (Å²) in [6.45, 7) is 5.54. The van der Waals surface area contributed by atoms with Gasteiger partial charge in [-0.05, 0) is 42.5 Å². The summed E-state index contributed by atoms with van der Waals surface area (Å²) in [5.74, 6) is -0.202. The third-order valence-corrected chi connectivity index (χ3v) is 4.64. The summed E-state index contributed by atoms with van der Waals surface area (Å²) in [5, 5.41) is 5.25. The maximum Gasteiger partial charge on any atom is 0.237 e. The summed E-state index contributed by atoms with van der Waals surface area (Å²) in [6.07, 6.45) is 0.982. The fraction of sp³-hybridized carbons (Fsp3) is 0.389. The minimum atomic E-state index is -0.261. The minimum Gasteiger partial charge on any atom is -0.332 e. The summed E-state index contributed by atoms with van der Waals surface area (Å²) >= 11 is 1.64. The Hall–Kier alpha value is -1.72. The molecule has 1 unspecified atom stereocenters. The molecule has 0 bridgehead atoms. The first-order chi connectivity index (χ1) is 11.1. The molecule has 5 heteroatoms. The van der Waals surface area contributed by atoms with E-state index in [9.17, 15) is 9.18 Å². The van der Waals surface area contributed by atoms with Crippen LogP contribution >= 0.6 is 11.3 Å². The highest BCUT2D eigenvalue weighted by molar-refractivity contribution is 7.09. The summed E-state index contributed by atoms with van der Waals surface area (Å²) in [7, 11) is 0. The number of thiophene rings is 1. The van der Waals surface area contributed by atoms with Crippen LogP contribution in [0.1, 0.15) is 30.7 Å². The molecule has 1 heterocycles. The molecule has 0 saturated carbocycles. The van der Waals surface area contributed by atoms with E-state index < -0.39 is 0 Å². The molecule has 0 spiro atoms. The SMILES string of the molecule is CCC(C)NCC(=O)N(Cc1ccc(F)cc1)Cc1cccs1. The Balaban J connectivity index is 2.04. The second-order valence-corrected chi connectivity index (χ2v) is 6.68. The molecule has 0 fully saturated rings. The number of amides is 1. The van der Waals surface area contributed by atoms with Crippen molar-refractivity contribution in [2.45, 2.75) is 39.4 Å². The van der Waals surface area contributed by atoms with Crippen molar-refractivity contribution in [3.05, 3.63) is 58.0 Å². The third-order valence-electron chi connectivity index (χ3n) is 3.78. The van der Waals surface area contributed by atoms with E-state index in [0.29, 0.717) is 25.7 Å². The first-order valence-electron chi connectivity index (χ1n) is 7.86. The van der Waals surface area contributed by atoms with Crippen LogP contribution in [0.3, 0.4) is 0 Å². The number of carbonyl (C=O) groups excluding carboxylic acids is 1. The summed E-state index contributed by atoms with van der Waals surface area (Å²) < 4.78 is 13.0. The molecule has 1 atom stereocenters. The van der Waals surface area contributed by atoms with Crippen LogP contribution < -0.4 is 5.32 Å². The average molecular weight is 334 g/mol. The summed E-state index contributed by atoms with van der Waals surface area (Å²) in [5.41, 5.74) is 0.930. The van der Waals surface area contributed by atoms with Crippen LogP contribution in [-0.4, -0.2) is 23.4 Å². The predicted molar refractivity (Wildman–Crippen MR) is 92.7 cm³/mol. The molecular weight excluding hydrogens is 311 g/mol. The molecular formula is C18H23FN2OS. The van der Waals surface area contributed by atoms with Crippen molar-refractivity contribution in [2.24, 2.45) is 0 Å². The number of carbonyl (C=O) groups is 1. The molecule has 3 nitrogen and oxygen atoms in total. The number of rotatable bonds is 8. The van der Waals surface area contributed by atoms with Crippen LogP contribution in [0.25, 0.3) is 0 Å². The van der Waals surface area contributed by atoms with Gasteiger partial charge in [-0.3, -0.25) is 4.79 Å². The van der Waals surface area contributed by atoms with Crippen LogP contribution in [0.5, 0.6) is 0 Å². The Kier molecular flexibility index (Phi) is 6.74. The van der Waals surface area contributed by atoms with Gasteiger partial charge < -0.3 is 10.2 Å². The zero-order valence-electron chi connectivity index (χ0n) is 13.6. The highest BCUT2D eigenvalue weighted by atomic mass is 32.1. The van der Waals surface area contributed by atoms with Crippen LogP contribution in [0.4, 0.5) is 4.39 Å². The fourth-order valence-electron chi connectivity index (χ4n) is 2.15. The molecule has 1 amide bonds. The van der Waals surface area contributed by atoms with Gasteiger partial charge in [0.05, 0.1) is 13.1 Å². The molecule has 0 saturated heterocycles. The minimum absolute atomic E-state index is 0.0584. The molecule has 0 radical (unpaired) electrons. The number of hydrogen-bond donors (Lipinski definition) is 1. The smallest absolute Gasteiger partial charge is 0.237 e. The van der Waals surface area contributed by atoms with Crippen LogP contribution in [0, 0.1) is 5.82 Å². The van der Waals surface area contributed by atoms with Gasteiger partial charge in [0.25, 0.3) is 0 Å². The zero-order chi connectivity index (χ0) is 16.7. The van der Waals surface area contributed by atoms with Gasteiger partial charge in [0, 0.05) is 17.5 Å². The van der Waals surface area contributed by atoms with Crippen molar-refractivity contribution in [3.63, 3.8) is 0 Å². The normalized spacial score (nSPS) is 12.1. The average Bonchev–Trinajstić information content (AvgIpc) is 3.06. The highest BCUT2D eigenvalue weighted by Gasteiger charge is 2.15. The monoisotopic (exact) mass is 334 g/mol.